The number of rotatable bonds is 10. The van der Waals surface area contributed by atoms with Crippen molar-refractivity contribution < 1.29 is 9.47 Å². The van der Waals surface area contributed by atoms with Crippen molar-refractivity contribution in [3.8, 4) is 39.3 Å². The third kappa shape index (κ3) is 6.07. The van der Waals surface area contributed by atoms with Crippen LogP contribution in [0.15, 0.2) is 55.0 Å². The lowest BCUT2D eigenvalue weighted by atomic mass is 10.0. The number of aryl methyl sites for hydroxylation is 1. The van der Waals surface area contributed by atoms with E-state index in [0.717, 1.165) is 56.9 Å². The number of ether oxygens (including phenoxy) is 2. The third-order valence-corrected chi connectivity index (χ3v) is 8.27. The Morgan fingerprint density at radius 2 is 2.11 bits per heavy atom. The largest absolute Gasteiger partial charge is 0.495 e. The second kappa shape index (κ2) is 12.3. The second-order valence-electron chi connectivity index (χ2n) is 8.74. The molecular formula is C28H28N6O2S2. The quantitative estimate of drug-likeness (QED) is 0.242. The molecule has 0 aliphatic carbocycles. The number of nitriles is 1. The van der Waals surface area contributed by atoms with Crippen molar-refractivity contribution in [3.63, 3.8) is 0 Å². The Morgan fingerprint density at radius 3 is 2.92 bits per heavy atom. The molecule has 5 rings (SSSR count). The molecule has 1 N–H and O–H groups in total. The maximum absolute atomic E-state index is 9.90. The molecule has 1 saturated heterocycles. The van der Waals surface area contributed by atoms with Gasteiger partial charge in [0.15, 0.2) is 0 Å². The molecule has 0 radical (unpaired) electrons. The smallest absolute Gasteiger partial charge is 0.227 e. The zero-order chi connectivity index (χ0) is 26.3. The van der Waals surface area contributed by atoms with E-state index in [2.05, 4.69) is 26.3 Å². The normalized spacial score (nSPS) is 13.3. The van der Waals surface area contributed by atoms with Gasteiger partial charge in [0.25, 0.3) is 0 Å². The number of thioether (sulfide) groups is 1. The summed E-state index contributed by atoms with van der Waals surface area (Å²) in [5, 5.41) is 13.2. The van der Waals surface area contributed by atoms with Crippen molar-refractivity contribution in [2.45, 2.75) is 13.3 Å². The number of pyridine rings is 1. The van der Waals surface area contributed by atoms with Gasteiger partial charge in [-0.2, -0.15) is 5.26 Å². The number of hydrogen-bond donors (Lipinski definition) is 1. The molecule has 0 spiro atoms. The number of nitrogens with zero attached hydrogens (tertiary/aromatic N) is 5. The summed E-state index contributed by atoms with van der Waals surface area (Å²) in [6.45, 7) is 4.86. The minimum absolute atomic E-state index is 0.463. The van der Waals surface area contributed by atoms with Gasteiger partial charge >= 0.3 is 0 Å². The molecular weight excluding hydrogens is 516 g/mol. The standard InChI is InChI=1S/C28H28N6O2S2/c1-19-24(15-29)26(20-13-23(35-2)17-30-16-20)27(38-19)25-7-8-31-28(33-25)32-21-5-3-6-22(14-21)36-11-4-9-34-10-12-37-18-34/h3,5-8,13-14,16-17H,4,9-12,18H2,1-2H3,(H,31,32,33). The summed E-state index contributed by atoms with van der Waals surface area (Å²) in [5.74, 6) is 4.25. The molecule has 0 bridgehead atoms. The van der Waals surface area contributed by atoms with E-state index in [4.69, 9.17) is 14.5 Å². The molecule has 1 fully saturated rings. The van der Waals surface area contributed by atoms with E-state index in [9.17, 15) is 5.26 Å². The van der Waals surface area contributed by atoms with Gasteiger partial charge in [-0.15, -0.1) is 23.1 Å². The highest BCUT2D eigenvalue weighted by atomic mass is 32.2. The molecule has 38 heavy (non-hydrogen) atoms. The van der Waals surface area contributed by atoms with Gasteiger partial charge in [-0.3, -0.25) is 9.88 Å². The van der Waals surface area contributed by atoms with E-state index < -0.39 is 0 Å². The molecule has 1 aliphatic rings. The van der Waals surface area contributed by atoms with E-state index in [1.807, 2.05) is 55.1 Å². The molecule has 3 aromatic heterocycles. The maximum atomic E-state index is 9.90. The third-order valence-electron chi connectivity index (χ3n) is 6.13. The number of nitrogens with one attached hydrogen (secondary N) is 1. The van der Waals surface area contributed by atoms with Crippen LogP contribution < -0.4 is 14.8 Å². The fourth-order valence-electron chi connectivity index (χ4n) is 4.25. The van der Waals surface area contributed by atoms with Crippen LogP contribution in [0.2, 0.25) is 0 Å². The van der Waals surface area contributed by atoms with Gasteiger partial charge in [0, 0.05) is 64.9 Å². The summed E-state index contributed by atoms with van der Waals surface area (Å²) in [6.07, 6.45) is 6.10. The monoisotopic (exact) mass is 544 g/mol. The van der Waals surface area contributed by atoms with Crippen LogP contribution in [-0.4, -0.2) is 58.3 Å². The minimum atomic E-state index is 0.463. The van der Waals surface area contributed by atoms with Gasteiger partial charge in [-0.05, 0) is 37.6 Å². The molecule has 1 aliphatic heterocycles. The van der Waals surface area contributed by atoms with Crippen LogP contribution in [0.1, 0.15) is 16.9 Å². The van der Waals surface area contributed by atoms with Gasteiger partial charge in [0.05, 0.1) is 36.0 Å². The number of aromatic nitrogens is 3. The molecule has 1 aromatic carbocycles. The lowest BCUT2D eigenvalue weighted by Crippen LogP contribution is -2.22. The highest BCUT2D eigenvalue weighted by molar-refractivity contribution is 7.99. The first-order chi connectivity index (χ1) is 18.6. The Hall–Kier alpha value is -3.65. The highest BCUT2D eigenvalue weighted by Crippen LogP contribution is 2.42. The first-order valence-electron chi connectivity index (χ1n) is 12.3. The summed E-state index contributed by atoms with van der Waals surface area (Å²) in [4.78, 5) is 17.8. The number of thiophene rings is 1. The van der Waals surface area contributed by atoms with Crippen LogP contribution >= 0.6 is 23.1 Å². The summed E-state index contributed by atoms with van der Waals surface area (Å²) in [5.41, 5.74) is 3.78. The van der Waals surface area contributed by atoms with Gasteiger partial charge < -0.3 is 14.8 Å². The van der Waals surface area contributed by atoms with Gasteiger partial charge in [0.1, 0.15) is 17.6 Å². The fraction of sp³-hybridized carbons (Fsp3) is 0.286. The lowest BCUT2D eigenvalue weighted by Gasteiger charge is -2.14. The topological polar surface area (TPSA) is 96.2 Å². The summed E-state index contributed by atoms with van der Waals surface area (Å²) in [7, 11) is 1.60. The summed E-state index contributed by atoms with van der Waals surface area (Å²) < 4.78 is 11.4. The van der Waals surface area contributed by atoms with Gasteiger partial charge in [-0.25, -0.2) is 9.97 Å². The van der Waals surface area contributed by atoms with Crippen LogP contribution in [0.5, 0.6) is 11.5 Å². The average molecular weight is 545 g/mol. The molecule has 4 aromatic rings. The van der Waals surface area contributed by atoms with Gasteiger partial charge in [0.2, 0.25) is 5.95 Å². The number of anilines is 2. The van der Waals surface area contributed by atoms with E-state index in [0.29, 0.717) is 23.9 Å². The molecule has 194 valence electrons. The van der Waals surface area contributed by atoms with Gasteiger partial charge in [-0.1, -0.05) is 6.07 Å². The Kier molecular flexibility index (Phi) is 8.38. The zero-order valence-electron chi connectivity index (χ0n) is 21.3. The predicted octanol–water partition coefficient (Wildman–Crippen LogP) is 5.97. The number of benzene rings is 1. The lowest BCUT2D eigenvalue weighted by molar-refractivity contribution is 0.269. The predicted molar refractivity (Wildman–Crippen MR) is 153 cm³/mol. The van der Waals surface area contributed by atoms with Crippen molar-refractivity contribution in [2.24, 2.45) is 0 Å². The average Bonchev–Trinajstić information content (AvgIpc) is 3.59. The SMILES string of the molecule is COc1cncc(-c2c(-c3ccnc(Nc4cccc(OCCCN5CCSC5)c4)n3)sc(C)c2C#N)c1. The molecule has 0 unspecified atom stereocenters. The Morgan fingerprint density at radius 1 is 1.18 bits per heavy atom. The summed E-state index contributed by atoms with van der Waals surface area (Å²) >= 11 is 3.52. The molecule has 0 saturated carbocycles. The molecule has 8 nitrogen and oxygen atoms in total. The van der Waals surface area contributed by atoms with Crippen LogP contribution in [-0.2, 0) is 0 Å². The fourth-order valence-corrected chi connectivity index (χ4v) is 6.38. The minimum Gasteiger partial charge on any atom is -0.495 e. The van der Waals surface area contributed by atoms with E-state index in [1.165, 1.54) is 23.6 Å². The zero-order valence-corrected chi connectivity index (χ0v) is 22.9. The van der Waals surface area contributed by atoms with Crippen molar-refractivity contribution in [2.75, 3.05) is 43.8 Å². The Bertz CT molecular complexity index is 1450. The Labute approximate surface area is 230 Å². The molecule has 4 heterocycles. The Balaban J connectivity index is 1.34. The second-order valence-corrected chi connectivity index (χ2v) is 11.0. The van der Waals surface area contributed by atoms with Crippen LogP contribution in [0, 0.1) is 18.3 Å². The van der Waals surface area contributed by atoms with Crippen molar-refractivity contribution in [1.82, 2.24) is 19.9 Å². The van der Waals surface area contributed by atoms with Crippen LogP contribution in [0.4, 0.5) is 11.6 Å². The van der Waals surface area contributed by atoms with Crippen molar-refractivity contribution in [1.29, 1.82) is 5.26 Å². The van der Waals surface area contributed by atoms with E-state index >= 15 is 0 Å². The molecule has 0 atom stereocenters. The van der Waals surface area contributed by atoms with Crippen molar-refractivity contribution in [3.05, 3.63) is 65.4 Å². The maximum Gasteiger partial charge on any atom is 0.227 e. The van der Waals surface area contributed by atoms with E-state index in [-0.39, 0.29) is 0 Å². The first-order valence-corrected chi connectivity index (χ1v) is 14.3. The van der Waals surface area contributed by atoms with Crippen molar-refractivity contribution >= 4 is 34.7 Å². The number of hydrogen-bond acceptors (Lipinski definition) is 10. The van der Waals surface area contributed by atoms with E-state index in [1.54, 1.807) is 25.7 Å². The first kappa shape index (κ1) is 26.0. The molecule has 0 amide bonds. The van der Waals surface area contributed by atoms with Crippen LogP contribution in [0.25, 0.3) is 21.7 Å². The highest BCUT2D eigenvalue weighted by Gasteiger charge is 2.21. The molecule has 10 heteroatoms. The summed E-state index contributed by atoms with van der Waals surface area (Å²) in [6, 6.07) is 13.9. The van der Waals surface area contributed by atoms with Crippen LogP contribution in [0.3, 0.4) is 0 Å². The number of methoxy groups -OCH3 is 1.